The van der Waals surface area contributed by atoms with Gasteiger partial charge in [0.15, 0.2) is 11.6 Å². The van der Waals surface area contributed by atoms with E-state index in [2.05, 4.69) is 25.0 Å². The van der Waals surface area contributed by atoms with Crippen LogP contribution in [0, 0.1) is 5.82 Å². The van der Waals surface area contributed by atoms with Crippen molar-refractivity contribution in [3.05, 3.63) is 73.0 Å². The molecule has 0 aliphatic carbocycles. The molecule has 39 heavy (non-hydrogen) atoms. The minimum absolute atomic E-state index is 0.0933. The second-order valence-corrected chi connectivity index (χ2v) is 10.1. The summed E-state index contributed by atoms with van der Waals surface area (Å²) in [6.45, 7) is 0.639. The number of nitrogens with zero attached hydrogens (tertiary/aromatic N) is 4. The van der Waals surface area contributed by atoms with Crippen LogP contribution in [0.2, 0.25) is 0 Å². The average Bonchev–Trinajstić information content (AvgIpc) is 3.55. The van der Waals surface area contributed by atoms with E-state index in [4.69, 9.17) is 13.9 Å². The minimum atomic E-state index is -3.64. The number of rotatable bonds is 11. The highest BCUT2D eigenvalue weighted by atomic mass is 32.2. The number of anilines is 1. The van der Waals surface area contributed by atoms with Gasteiger partial charge in [0, 0.05) is 31.0 Å². The number of halogens is 1. The molecule has 0 spiro atoms. The summed E-state index contributed by atoms with van der Waals surface area (Å²) in [6.07, 6.45) is 5.31. The van der Waals surface area contributed by atoms with E-state index in [9.17, 15) is 12.8 Å². The lowest BCUT2D eigenvalue weighted by atomic mass is 10.1. The highest BCUT2D eigenvalue weighted by molar-refractivity contribution is 7.89. The summed E-state index contributed by atoms with van der Waals surface area (Å²) in [7, 11) is -0.722. The number of hydrogen-bond acceptors (Lipinski definition) is 9. The molecule has 0 aliphatic rings. The number of nitrogens with one attached hydrogen (secondary N) is 2. The van der Waals surface area contributed by atoms with Gasteiger partial charge in [0.25, 0.3) is 0 Å². The van der Waals surface area contributed by atoms with Gasteiger partial charge < -0.3 is 19.2 Å². The van der Waals surface area contributed by atoms with Gasteiger partial charge in [0.05, 0.1) is 24.8 Å². The number of fused-ring (bicyclic) bond motifs is 1. The normalized spacial score (nSPS) is 11.6. The molecule has 5 rings (SSSR count). The van der Waals surface area contributed by atoms with E-state index in [1.165, 1.54) is 38.7 Å². The fourth-order valence-electron chi connectivity index (χ4n) is 3.95. The van der Waals surface area contributed by atoms with Crippen molar-refractivity contribution >= 4 is 21.8 Å². The van der Waals surface area contributed by atoms with Gasteiger partial charge in [-0.25, -0.2) is 27.5 Å². The highest BCUT2D eigenvalue weighted by Gasteiger charge is 2.20. The molecule has 5 aromatic rings. The molecule has 0 bridgehead atoms. The Labute approximate surface area is 223 Å². The van der Waals surface area contributed by atoms with Gasteiger partial charge in [-0.1, -0.05) is 0 Å². The summed E-state index contributed by atoms with van der Waals surface area (Å²) in [4.78, 5) is 13.6. The fraction of sp³-hybridized carbons (Fsp3) is 0.192. The maximum absolute atomic E-state index is 14.0. The first-order valence-electron chi connectivity index (χ1n) is 11.9. The van der Waals surface area contributed by atoms with E-state index in [-0.39, 0.29) is 17.2 Å². The Kier molecular flexibility index (Phi) is 7.43. The summed E-state index contributed by atoms with van der Waals surface area (Å²) in [5.74, 6) is 0.891. The topological polar surface area (TPSA) is 133 Å². The van der Waals surface area contributed by atoms with E-state index >= 15 is 0 Å². The van der Waals surface area contributed by atoms with E-state index in [1.54, 1.807) is 47.1 Å². The summed E-state index contributed by atoms with van der Waals surface area (Å²) >= 11 is 0. The zero-order valence-electron chi connectivity index (χ0n) is 21.1. The molecule has 2 aromatic carbocycles. The zero-order valence-corrected chi connectivity index (χ0v) is 21.9. The van der Waals surface area contributed by atoms with Crippen LogP contribution >= 0.6 is 0 Å². The average molecular weight is 553 g/mol. The Morgan fingerprint density at radius 2 is 1.85 bits per heavy atom. The number of benzene rings is 2. The third kappa shape index (κ3) is 5.54. The van der Waals surface area contributed by atoms with Crippen LogP contribution in [0.1, 0.15) is 6.42 Å². The van der Waals surface area contributed by atoms with E-state index < -0.39 is 15.8 Å². The van der Waals surface area contributed by atoms with Crippen molar-refractivity contribution in [3.8, 4) is 34.1 Å². The smallest absolute Gasteiger partial charge is 0.306 e. The lowest BCUT2D eigenvalue weighted by molar-refractivity contribution is 0.387. The Hall–Kier alpha value is -4.49. The molecule has 0 saturated heterocycles. The number of methoxy groups -OCH3 is 2. The molecule has 3 heterocycles. The second-order valence-electron chi connectivity index (χ2n) is 8.33. The molecule has 0 atom stereocenters. The summed E-state index contributed by atoms with van der Waals surface area (Å²) < 4.78 is 59.0. The van der Waals surface area contributed by atoms with Crippen LogP contribution in [0.3, 0.4) is 0 Å². The molecule has 0 amide bonds. The first-order chi connectivity index (χ1) is 18.9. The minimum Gasteiger partial charge on any atom is -0.497 e. The van der Waals surface area contributed by atoms with Gasteiger partial charge in [-0.15, -0.1) is 0 Å². The molecule has 2 N–H and O–H groups in total. The Bertz CT molecular complexity index is 1700. The van der Waals surface area contributed by atoms with Gasteiger partial charge >= 0.3 is 5.84 Å². The van der Waals surface area contributed by atoms with Crippen LogP contribution in [0.5, 0.6) is 11.5 Å². The van der Waals surface area contributed by atoms with Crippen LogP contribution in [-0.4, -0.2) is 55.1 Å². The van der Waals surface area contributed by atoms with Gasteiger partial charge in [0.2, 0.25) is 16.0 Å². The number of sulfonamides is 1. The van der Waals surface area contributed by atoms with Crippen molar-refractivity contribution < 1.29 is 26.7 Å². The Balaban J connectivity index is 1.28. The van der Waals surface area contributed by atoms with E-state index in [1.807, 2.05) is 0 Å². The van der Waals surface area contributed by atoms with Crippen LogP contribution < -0.4 is 19.5 Å². The largest absolute Gasteiger partial charge is 0.497 e. The first-order valence-corrected chi connectivity index (χ1v) is 13.4. The van der Waals surface area contributed by atoms with Crippen LogP contribution in [-0.2, 0) is 10.0 Å². The molecule has 0 aliphatic heterocycles. The van der Waals surface area contributed by atoms with Crippen LogP contribution in [0.25, 0.3) is 28.5 Å². The van der Waals surface area contributed by atoms with Crippen molar-refractivity contribution in [3.63, 3.8) is 0 Å². The number of aromatic nitrogens is 4. The van der Waals surface area contributed by atoms with Crippen LogP contribution in [0.15, 0.2) is 76.5 Å². The molecule has 11 nitrogen and oxygen atoms in total. The third-order valence-electron chi connectivity index (χ3n) is 5.88. The standard InChI is InChI=1S/C26H25FN6O5S/c1-36-18-5-7-19(8-6-18)39(34,35)30-12-3-11-28-25-29-13-10-21(31-25)24-23(32-26-33(24)14-15-38-26)17-4-9-20(27)22(16-17)37-2/h4-10,13-16,30H,3,11-12H2,1-2H3,(H,28,29,31). The van der Waals surface area contributed by atoms with Crippen molar-refractivity contribution in [2.45, 2.75) is 11.3 Å². The van der Waals surface area contributed by atoms with Gasteiger partial charge in [-0.3, -0.25) is 4.40 Å². The Morgan fingerprint density at radius 3 is 2.62 bits per heavy atom. The van der Waals surface area contributed by atoms with Gasteiger partial charge in [-0.2, -0.15) is 4.98 Å². The Morgan fingerprint density at radius 1 is 1.03 bits per heavy atom. The molecule has 0 saturated carbocycles. The molecular formula is C26H25FN6O5S. The summed E-state index contributed by atoms with van der Waals surface area (Å²) in [6, 6.07) is 12.4. The number of ether oxygens (including phenoxy) is 2. The predicted octanol–water partition coefficient (Wildman–Crippen LogP) is 3.99. The molecule has 13 heteroatoms. The molecule has 3 aromatic heterocycles. The number of hydrogen-bond donors (Lipinski definition) is 2. The molecular weight excluding hydrogens is 527 g/mol. The van der Waals surface area contributed by atoms with Crippen molar-refractivity contribution in [2.75, 3.05) is 32.6 Å². The fourth-order valence-corrected chi connectivity index (χ4v) is 5.02. The van der Waals surface area contributed by atoms with E-state index in [0.717, 1.165) is 0 Å². The quantitative estimate of drug-likeness (QED) is 0.233. The van der Waals surface area contributed by atoms with E-state index in [0.29, 0.717) is 53.2 Å². The third-order valence-corrected chi connectivity index (χ3v) is 7.36. The maximum atomic E-state index is 14.0. The molecule has 0 unspecified atom stereocenters. The first kappa shape index (κ1) is 26.1. The lowest BCUT2D eigenvalue weighted by Crippen LogP contribution is -2.26. The van der Waals surface area contributed by atoms with Gasteiger partial charge in [-0.05, 0) is 55.0 Å². The SMILES string of the molecule is COc1ccc(S(=O)(=O)NCCCNc2nccc(-c3c(-c4ccc(F)c(OC)c4)nc4occn34)n2)cc1. The van der Waals surface area contributed by atoms with Crippen molar-refractivity contribution in [2.24, 2.45) is 0 Å². The molecule has 0 fully saturated rings. The number of imidazole rings is 1. The summed E-state index contributed by atoms with van der Waals surface area (Å²) in [5, 5.41) is 3.12. The van der Waals surface area contributed by atoms with Crippen molar-refractivity contribution in [1.29, 1.82) is 0 Å². The molecule has 202 valence electrons. The molecule has 0 radical (unpaired) electrons. The zero-order chi connectivity index (χ0) is 27.4. The predicted molar refractivity (Wildman–Crippen MR) is 142 cm³/mol. The highest BCUT2D eigenvalue weighted by Crippen LogP contribution is 2.34. The van der Waals surface area contributed by atoms with Crippen LogP contribution in [0.4, 0.5) is 10.3 Å². The monoisotopic (exact) mass is 552 g/mol. The van der Waals surface area contributed by atoms with Gasteiger partial charge in [0.1, 0.15) is 23.4 Å². The van der Waals surface area contributed by atoms with Crippen molar-refractivity contribution in [1.82, 2.24) is 24.1 Å². The lowest BCUT2D eigenvalue weighted by Gasteiger charge is -2.10. The number of oxazole rings is 1. The maximum Gasteiger partial charge on any atom is 0.306 e. The summed E-state index contributed by atoms with van der Waals surface area (Å²) in [5.41, 5.74) is 2.34. The second kappa shape index (κ2) is 11.1.